The molecule has 0 aliphatic heterocycles. The summed E-state index contributed by atoms with van der Waals surface area (Å²) in [4.78, 5) is 15.5. The van der Waals surface area contributed by atoms with Gasteiger partial charge in [-0.1, -0.05) is 95.8 Å². The van der Waals surface area contributed by atoms with E-state index < -0.39 is 0 Å². The number of pyridine rings is 1. The smallest absolute Gasteiger partial charge is 1.00 e. The summed E-state index contributed by atoms with van der Waals surface area (Å²) in [6, 6.07) is 19.7. The zero-order valence-electron chi connectivity index (χ0n) is 27.5. The Labute approximate surface area is 297 Å². The van der Waals surface area contributed by atoms with Crippen molar-refractivity contribution >= 4 is 22.8 Å². The van der Waals surface area contributed by atoms with E-state index in [1.807, 2.05) is 0 Å². The van der Waals surface area contributed by atoms with Gasteiger partial charge in [0.2, 0.25) is 0 Å². The quantitative estimate of drug-likeness (QED) is 0.210. The summed E-state index contributed by atoms with van der Waals surface area (Å²) in [5.74, 6) is 0. The zero-order valence-corrected chi connectivity index (χ0v) is 30.8. The molecular formula is C37H51Cl3CoN3. The van der Waals surface area contributed by atoms with E-state index in [9.17, 15) is 0 Å². The summed E-state index contributed by atoms with van der Waals surface area (Å²) in [6.07, 6.45) is 13.8. The van der Waals surface area contributed by atoms with E-state index in [2.05, 4.69) is 96.1 Å². The molecule has 0 aliphatic rings. The van der Waals surface area contributed by atoms with Gasteiger partial charge in [0.25, 0.3) is 0 Å². The van der Waals surface area contributed by atoms with Crippen LogP contribution >= 0.6 is 0 Å². The van der Waals surface area contributed by atoms with E-state index in [0.29, 0.717) is 0 Å². The van der Waals surface area contributed by atoms with Crippen molar-refractivity contribution in [3.05, 3.63) is 88.2 Å². The summed E-state index contributed by atoms with van der Waals surface area (Å²) in [5.41, 5.74) is 11.5. The molecule has 3 nitrogen and oxygen atoms in total. The predicted octanol–water partition coefficient (Wildman–Crippen LogP) is 1.74. The Morgan fingerprint density at radius 3 is 1.05 bits per heavy atom. The van der Waals surface area contributed by atoms with Crippen LogP contribution in [0.15, 0.2) is 64.6 Å². The topological polar surface area (TPSA) is 37.6 Å². The van der Waals surface area contributed by atoms with Gasteiger partial charge in [0, 0.05) is 0 Å². The van der Waals surface area contributed by atoms with Gasteiger partial charge in [-0.25, -0.2) is 4.98 Å². The molecule has 0 saturated heterocycles. The van der Waals surface area contributed by atoms with Gasteiger partial charge in [-0.05, 0) is 99.6 Å². The molecule has 3 aromatic rings. The average molecular weight is 703 g/mol. The third-order valence-corrected chi connectivity index (χ3v) is 7.65. The van der Waals surface area contributed by atoms with Gasteiger partial charge >= 0.3 is 16.8 Å². The molecule has 0 atom stereocenters. The maximum atomic E-state index is 5.23. The first-order valence-electron chi connectivity index (χ1n) is 15.8. The molecule has 0 aliphatic carbocycles. The fourth-order valence-corrected chi connectivity index (χ4v) is 5.14. The molecule has 0 radical (unpaired) electrons. The number of halogens is 3. The Kier molecular flexibility index (Phi) is 24.8. The Morgan fingerprint density at radius 2 is 0.773 bits per heavy atom. The van der Waals surface area contributed by atoms with Crippen molar-refractivity contribution in [2.75, 3.05) is 0 Å². The molecule has 1 aromatic heterocycles. The number of aryl methyl sites for hydroxylation is 4. The normalized spacial score (nSPS) is 11.1. The number of para-hydroxylation sites is 2. The Morgan fingerprint density at radius 1 is 0.500 bits per heavy atom. The minimum absolute atomic E-state index is 0. The molecule has 0 saturated carbocycles. The molecule has 1 heterocycles. The molecule has 2 aromatic carbocycles. The molecule has 3 rings (SSSR count). The molecule has 0 unspecified atom stereocenters. The molecule has 0 amide bonds. The van der Waals surface area contributed by atoms with Crippen molar-refractivity contribution in [2.45, 2.75) is 119 Å². The van der Waals surface area contributed by atoms with E-state index in [1.54, 1.807) is 0 Å². The molecule has 0 fully saturated rings. The van der Waals surface area contributed by atoms with Crippen molar-refractivity contribution in [3.8, 4) is 0 Å². The first kappa shape index (κ1) is 44.4. The van der Waals surface area contributed by atoms with Crippen molar-refractivity contribution < 1.29 is 54.0 Å². The molecular weight excluding hydrogens is 652 g/mol. The number of benzene rings is 2. The number of unbranched alkanes of at least 4 members (excludes halogenated alkanes) is 4. The third-order valence-electron chi connectivity index (χ3n) is 7.65. The summed E-state index contributed by atoms with van der Waals surface area (Å²) in [5, 5.41) is 0. The fourth-order valence-electron chi connectivity index (χ4n) is 5.14. The van der Waals surface area contributed by atoms with E-state index in [-0.39, 0.29) is 54.0 Å². The first-order chi connectivity index (χ1) is 19.5. The van der Waals surface area contributed by atoms with Gasteiger partial charge in [0.05, 0.1) is 34.2 Å². The van der Waals surface area contributed by atoms with Gasteiger partial charge in [-0.15, -0.1) is 0 Å². The van der Waals surface area contributed by atoms with Gasteiger partial charge < -0.3 is 37.2 Å². The minimum Gasteiger partial charge on any atom is -1.00 e. The van der Waals surface area contributed by atoms with E-state index in [4.69, 9.17) is 15.0 Å². The SMILES string of the molecule is CCCCc1cccc(CCCC)c1N=C(C)c1cccc(C(C)=Nc2c(CCCC)cccc2CCCC)n1.[Cl-].[Cl-].[Cl-].[Co+3]. The van der Waals surface area contributed by atoms with E-state index in [1.165, 1.54) is 73.6 Å². The first-order valence-corrected chi connectivity index (χ1v) is 15.8. The van der Waals surface area contributed by atoms with Crippen LogP contribution in [0, 0.1) is 0 Å². The Hall–Kier alpha value is -1.69. The van der Waals surface area contributed by atoms with Crippen molar-refractivity contribution in [2.24, 2.45) is 9.98 Å². The monoisotopic (exact) mass is 701 g/mol. The molecule has 44 heavy (non-hydrogen) atoms. The van der Waals surface area contributed by atoms with Crippen LogP contribution in [0.2, 0.25) is 0 Å². The van der Waals surface area contributed by atoms with Crippen molar-refractivity contribution in [1.29, 1.82) is 0 Å². The molecule has 0 spiro atoms. The number of aromatic nitrogens is 1. The number of aliphatic imine (C=N–C) groups is 2. The third kappa shape index (κ3) is 13.3. The van der Waals surface area contributed by atoms with Gasteiger partial charge in [-0.3, -0.25) is 9.98 Å². The van der Waals surface area contributed by atoms with E-state index >= 15 is 0 Å². The number of hydrogen-bond donors (Lipinski definition) is 0. The minimum atomic E-state index is 0. The number of hydrogen-bond acceptors (Lipinski definition) is 3. The van der Waals surface area contributed by atoms with Crippen molar-refractivity contribution in [3.63, 3.8) is 0 Å². The summed E-state index contributed by atoms with van der Waals surface area (Å²) < 4.78 is 0. The zero-order chi connectivity index (χ0) is 28.7. The molecule has 244 valence electrons. The second-order valence-electron chi connectivity index (χ2n) is 11.1. The fraction of sp³-hybridized carbons (Fsp3) is 0.486. The van der Waals surface area contributed by atoms with Crippen LogP contribution in [0.4, 0.5) is 11.4 Å². The van der Waals surface area contributed by atoms with Crippen LogP contribution < -0.4 is 37.2 Å². The van der Waals surface area contributed by atoms with Gasteiger partial charge in [0.1, 0.15) is 0 Å². The maximum absolute atomic E-state index is 5.23. The van der Waals surface area contributed by atoms with Crippen LogP contribution in [0.5, 0.6) is 0 Å². The van der Waals surface area contributed by atoms with Crippen LogP contribution in [0.1, 0.15) is 127 Å². The Bertz CT molecular complexity index is 1140. The Balaban J connectivity index is 0. The number of nitrogens with zero attached hydrogens (tertiary/aromatic N) is 3. The van der Waals surface area contributed by atoms with Gasteiger partial charge in [-0.2, -0.15) is 0 Å². The largest absolute Gasteiger partial charge is 3.00 e. The van der Waals surface area contributed by atoms with Crippen LogP contribution in [0.3, 0.4) is 0 Å². The molecule has 0 bridgehead atoms. The van der Waals surface area contributed by atoms with Gasteiger partial charge in [0.15, 0.2) is 0 Å². The van der Waals surface area contributed by atoms with E-state index in [0.717, 1.165) is 59.9 Å². The summed E-state index contributed by atoms with van der Waals surface area (Å²) >= 11 is 0. The molecule has 7 heteroatoms. The van der Waals surface area contributed by atoms with Crippen LogP contribution in [-0.4, -0.2) is 16.4 Å². The second kappa shape index (κ2) is 24.5. The predicted molar refractivity (Wildman–Crippen MR) is 175 cm³/mol. The van der Waals surface area contributed by atoms with Crippen LogP contribution in [-0.2, 0) is 42.5 Å². The maximum Gasteiger partial charge on any atom is 3.00 e. The second-order valence-corrected chi connectivity index (χ2v) is 11.1. The average Bonchev–Trinajstić information content (AvgIpc) is 2.98. The van der Waals surface area contributed by atoms with Crippen molar-refractivity contribution in [1.82, 2.24) is 4.98 Å². The summed E-state index contributed by atoms with van der Waals surface area (Å²) in [6.45, 7) is 13.2. The van der Waals surface area contributed by atoms with Crippen LogP contribution in [0.25, 0.3) is 0 Å². The number of rotatable bonds is 16. The standard InChI is InChI=1S/C37H51N3.3ClH.Co/c1-7-11-18-30-22-15-23-31(19-12-8-2)36(30)38-28(5)34-26-17-27-35(40-34)29(6)39-37-32(20-13-9-3)24-16-25-33(37)21-14-10-4;;;;/h15-17,22-27H,7-14,18-21H2,1-6H3;3*1H;/q;;;;+3/p-3. The summed E-state index contributed by atoms with van der Waals surface area (Å²) in [7, 11) is 0. The molecule has 0 N–H and O–H groups in total.